The zero-order valence-electron chi connectivity index (χ0n) is 14.2. The average molecular weight is 337 g/mol. The molecule has 2 amide bonds. The molecule has 0 aliphatic carbocycles. The van der Waals surface area contributed by atoms with Gasteiger partial charge in [0.15, 0.2) is 0 Å². The first-order valence-electron chi connectivity index (χ1n) is 8.94. The van der Waals surface area contributed by atoms with Crippen LogP contribution in [0.15, 0.2) is 42.5 Å². The molecule has 25 heavy (non-hydrogen) atoms. The minimum Gasteiger partial charge on any atom is -0.369 e. The number of piperidine rings is 1. The van der Waals surface area contributed by atoms with Crippen molar-refractivity contribution in [2.75, 3.05) is 26.2 Å². The lowest BCUT2D eigenvalue weighted by Crippen LogP contribution is -2.62. The number of hydrogen-bond donors (Lipinski definition) is 1. The number of nitrogens with two attached hydrogens (primary N) is 1. The van der Waals surface area contributed by atoms with Crippen LogP contribution in [0.3, 0.4) is 0 Å². The monoisotopic (exact) mass is 337 g/mol. The van der Waals surface area contributed by atoms with E-state index in [2.05, 4.69) is 4.90 Å². The Labute approximate surface area is 147 Å². The summed E-state index contributed by atoms with van der Waals surface area (Å²) in [5, 5.41) is 2.11. The SMILES string of the molecule is NC(=O)C1CCN(C2CN(C(=O)c3cccc4ccccc34)C2)CC1. The smallest absolute Gasteiger partial charge is 0.254 e. The highest BCUT2D eigenvalue weighted by Crippen LogP contribution is 2.26. The van der Waals surface area contributed by atoms with E-state index in [0.717, 1.165) is 55.4 Å². The fourth-order valence-electron chi connectivity index (χ4n) is 3.98. The Morgan fingerprint density at radius 1 is 0.960 bits per heavy atom. The van der Waals surface area contributed by atoms with Crippen molar-refractivity contribution in [1.82, 2.24) is 9.80 Å². The standard InChI is InChI=1S/C20H23N3O2/c21-19(24)15-8-10-22(11-9-15)16-12-23(13-16)20(25)18-7-3-5-14-4-1-2-6-17(14)18/h1-7,15-16H,8-13H2,(H2,21,24). The summed E-state index contributed by atoms with van der Waals surface area (Å²) in [5.41, 5.74) is 6.18. The first kappa shape index (κ1) is 16.1. The summed E-state index contributed by atoms with van der Waals surface area (Å²) in [7, 11) is 0. The van der Waals surface area contributed by atoms with Crippen molar-refractivity contribution in [1.29, 1.82) is 0 Å². The molecule has 2 aliphatic heterocycles. The Kier molecular flexibility index (Phi) is 4.17. The predicted octanol–water partition coefficient (Wildman–Crippen LogP) is 1.86. The second-order valence-corrected chi connectivity index (χ2v) is 7.10. The number of fused-ring (bicyclic) bond motifs is 1. The van der Waals surface area contributed by atoms with Crippen LogP contribution in [0.2, 0.25) is 0 Å². The van der Waals surface area contributed by atoms with Gasteiger partial charge in [-0.05, 0) is 42.8 Å². The van der Waals surface area contributed by atoms with Crippen LogP contribution < -0.4 is 5.73 Å². The van der Waals surface area contributed by atoms with Crippen molar-refractivity contribution in [3.8, 4) is 0 Å². The molecular formula is C20H23N3O2. The molecule has 2 saturated heterocycles. The first-order chi connectivity index (χ1) is 12.1. The summed E-state index contributed by atoms with van der Waals surface area (Å²) < 4.78 is 0. The molecule has 0 bridgehead atoms. The fourth-order valence-corrected chi connectivity index (χ4v) is 3.98. The van der Waals surface area contributed by atoms with E-state index in [4.69, 9.17) is 5.73 Å². The van der Waals surface area contributed by atoms with Crippen LogP contribution >= 0.6 is 0 Å². The third-order valence-electron chi connectivity index (χ3n) is 5.62. The zero-order chi connectivity index (χ0) is 17.4. The Morgan fingerprint density at radius 3 is 2.36 bits per heavy atom. The molecule has 0 radical (unpaired) electrons. The van der Waals surface area contributed by atoms with Crippen molar-refractivity contribution in [3.63, 3.8) is 0 Å². The molecule has 130 valence electrons. The molecule has 2 N–H and O–H groups in total. The van der Waals surface area contributed by atoms with Gasteiger partial charge in [0.2, 0.25) is 5.91 Å². The van der Waals surface area contributed by atoms with Gasteiger partial charge >= 0.3 is 0 Å². The lowest BCUT2D eigenvalue weighted by molar-refractivity contribution is -0.123. The summed E-state index contributed by atoms with van der Waals surface area (Å²) in [6, 6.07) is 14.3. The van der Waals surface area contributed by atoms with Crippen LogP contribution in [-0.4, -0.2) is 53.8 Å². The Morgan fingerprint density at radius 2 is 1.64 bits per heavy atom. The highest BCUT2D eigenvalue weighted by atomic mass is 16.2. The Bertz CT molecular complexity index is 800. The van der Waals surface area contributed by atoms with Gasteiger partial charge in [-0.15, -0.1) is 0 Å². The van der Waals surface area contributed by atoms with Crippen molar-refractivity contribution in [3.05, 3.63) is 48.0 Å². The van der Waals surface area contributed by atoms with E-state index < -0.39 is 0 Å². The van der Waals surface area contributed by atoms with E-state index >= 15 is 0 Å². The summed E-state index contributed by atoms with van der Waals surface area (Å²) in [6.07, 6.45) is 1.67. The summed E-state index contributed by atoms with van der Waals surface area (Å²) in [6.45, 7) is 3.33. The maximum Gasteiger partial charge on any atom is 0.254 e. The second kappa shape index (κ2) is 6.48. The van der Waals surface area contributed by atoms with Gasteiger partial charge in [0.1, 0.15) is 0 Å². The van der Waals surface area contributed by atoms with Crippen molar-refractivity contribution in [2.45, 2.75) is 18.9 Å². The van der Waals surface area contributed by atoms with E-state index in [-0.39, 0.29) is 17.7 Å². The number of carbonyl (C=O) groups is 2. The van der Waals surface area contributed by atoms with Crippen molar-refractivity contribution in [2.24, 2.45) is 11.7 Å². The quantitative estimate of drug-likeness (QED) is 0.930. The molecule has 2 aromatic carbocycles. The molecule has 2 heterocycles. The maximum absolute atomic E-state index is 12.9. The molecule has 5 nitrogen and oxygen atoms in total. The van der Waals surface area contributed by atoms with Crippen molar-refractivity contribution >= 4 is 22.6 Å². The van der Waals surface area contributed by atoms with E-state index in [9.17, 15) is 9.59 Å². The molecule has 4 rings (SSSR count). The summed E-state index contributed by atoms with van der Waals surface area (Å²) >= 11 is 0. The van der Waals surface area contributed by atoms with Crippen LogP contribution in [0.4, 0.5) is 0 Å². The van der Waals surface area contributed by atoms with Gasteiger partial charge in [-0.2, -0.15) is 0 Å². The minimum absolute atomic E-state index is 0.0183. The van der Waals surface area contributed by atoms with E-state index in [1.54, 1.807) is 0 Å². The lowest BCUT2D eigenvalue weighted by Gasteiger charge is -2.47. The topological polar surface area (TPSA) is 66.6 Å². The third-order valence-corrected chi connectivity index (χ3v) is 5.62. The normalized spacial score (nSPS) is 19.8. The van der Waals surface area contributed by atoms with Crippen LogP contribution in [0.1, 0.15) is 23.2 Å². The molecule has 2 fully saturated rings. The van der Waals surface area contributed by atoms with Crippen LogP contribution in [-0.2, 0) is 4.79 Å². The van der Waals surface area contributed by atoms with E-state index in [1.165, 1.54) is 0 Å². The number of carbonyl (C=O) groups excluding carboxylic acids is 2. The second-order valence-electron chi connectivity index (χ2n) is 7.10. The highest BCUT2D eigenvalue weighted by molar-refractivity contribution is 6.07. The fraction of sp³-hybridized carbons (Fsp3) is 0.400. The van der Waals surface area contributed by atoms with E-state index in [0.29, 0.717) is 6.04 Å². The van der Waals surface area contributed by atoms with Gasteiger partial charge in [-0.1, -0.05) is 36.4 Å². The van der Waals surface area contributed by atoms with Gasteiger partial charge in [0, 0.05) is 30.6 Å². The highest BCUT2D eigenvalue weighted by Gasteiger charge is 2.37. The van der Waals surface area contributed by atoms with E-state index in [1.807, 2.05) is 47.4 Å². The van der Waals surface area contributed by atoms with Crippen molar-refractivity contribution < 1.29 is 9.59 Å². The maximum atomic E-state index is 12.9. The molecule has 0 aromatic heterocycles. The molecule has 0 spiro atoms. The average Bonchev–Trinajstić information content (AvgIpc) is 2.60. The first-order valence-corrected chi connectivity index (χ1v) is 8.94. The van der Waals surface area contributed by atoms with Gasteiger partial charge < -0.3 is 10.6 Å². The molecular weight excluding hydrogens is 314 g/mol. The van der Waals surface area contributed by atoms with Gasteiger partial charge in [-0.3, -0.25) is 14.5 Å². The largest absolute Gasteiger partial charge is 0.369 e. The number of hydrogen-bond acceptors (Lipinski definition) is 3. The Balaban J connectivity index is 1.39. The molecule has 0 unspecified atom stereocenters. The van der Waals surface area contributed by atoms with Gasteiger partial charge in [0.05, 0.1) is 0 Å². The number of primary amides is 1. The molecule has 0 atom stereocenters. The molecule has 2 aliphatic rings. The molecule has 0 saturated carbocycles. The van der Waals surface area contributed by atoms with Gasteiger partial charge in [-0.25, -0.2) is 0 Å². The minimum atomic E-state index is -0.180. The third kappa shape index (κ3) is 3.00. The van der Waals surface area contributed by atoms with Crippen LogP contribution in [0, 0.1) is 5.92 Å². The number of likely N-dealkylation sites (tertiary alicyclic amines) is 2. The zero-order valence-corrected chi connectivity index (χ0v) is 14.2. The number of rotatable bonds is 3. The summed E-state index contributed by atoms with van der Waals surface area (Å²) in [4.78, 5) is 28.4. The molecule has 2 aromatic rings. The number of nitrogens with zero attached hydrogens (tertiary/aromatic N) is 2. The van der Waals surface area contributed by atoms with Gasteiger partial charge in [0.25, 0.3) is 5.91 Å². The Hall–Kier alpha value is -2.40. The van der Waals surface area contributed by atoms with Crippen LogP contribution in [0.25, 0.3) is 10.8 Å². The lowest BCUT2D eigenvalue weighted by atomic mass is 9.93. The summed E-state index contributed by atoms with van der Waals surface area (Å²) in [5.74, 6) is -0.0502. The number of benzene rings is 2. The number of amides is 2. The molecule has 5 heteroatoms. The predicted molar refractivity (Wildman–Crippen MR) is 97.1 cm³/mol. The van der Waals surface area contributed by atoms with Crippen LogP contribution in [0.5, 0.6) is 0 Å².